The van der Waals surface area contributed by atoms with Crippen LogP contribution in [0.4, 0.5) is 4.79 Å². The summed E-state index contributed by atoms with van der Waals surface area (Å²) in [6, 6.07) is 0. The van der Waals surface area contributed by atoms with Crippen molar-refractivity contribution in [1.29, 1.82) is 0 Å². The molecule has 1 aliphatic carbocycles. The summed E-state index contributed by atoms with van der Waals surface area (Å²) in [7, 11) is 0. The minimum Gasteiger partial charge on any atom is -0.444 e. The van der Waals surface area contributed by atoms with Gasteiger partial charge in [0.2, 0.25) is 0 Å². The van der Waals surface area contributed by atoms with Crippen LogP contribution in [-0.4, -0.2) is 24.8 Å². The molecule has 0 bridgehead atoms. The van der Waals surface area contributed by atoms with Crippen LogP contribution < -0.4 is 11.1 Å². The fraction of sp³-hybridized carbons (Fsp3) is 0.938. The molecule has 1 rings (SSSR count). The third kappa shape index (κ3) is 5.70. The average molecular weight is 284 g/mol. The Morgan fingerprint density at radius 1 is 1.20 bits per heavy atom. The van der Waals surface area contributed by atoms with E-state index in [1.807, 2.05) is 20.8 Å². The Labute approximate surface area is 123 Å². The molecule has 4 nitrogen and oxygen atoms in total. The third-order valence-corrected chi connectivity index (χ3v) is 4.35. The summed E-state index contributed by atoms with van der Waals surface area (Å²) < 4.78 is 5.31. The number of ether oxygens (including phenoxy) is 1. The monoisotopic (exact) mass is 284 g/mol. The lowest BCUT2D eigenvalue weighted by Gasteiger charge is -2.43. The van der Waals surface area contributed by atoms with Gasteiger partial charge in [0.1, 0.15) is 5.60 Å². The summed E-state index contributed by atoms with van der Waals surface area (Å²) in [6.45, 7) is 11.6. The van der Waals surface area contributed by atoms with Crippen molar-refractivity contribution in [2.45, 2.75) is 72.3 Å². The van der Waals surface area contributed by atoms with Gasteiger partial charge in [-0.15, -0.1) is 0 Å². The summed E-state index contributed by atoms with van der Waals surface area (Å²) in [4.78, 5) is 11.8. The molecule has 118 valence electrons. The van der Waals surface area contributed by atoms with Gasteiger partial charge in [0.05, 0.1) is 0 Å². The maximum absolute atomic E-state index is 11.8. The maximum Gasteiger partial charge on any atom is 0.407 e. The molecule has 0 aromatic carbocycles. The molecule has 0 unspecified atom stereocenters. The second-order valence-electron chi connectivity index (χ2n) is 8.06. The highest BCUT2D eigenvalue weighted by molar-refractivity contribution is 5.67. The van der Waals surface area contributed by atoms with E-state index in [2.05, 4.69) is 19.2 Å². The van der Waals surface area contributed by atoms with Gasteiger partial charge in [-0.1, -0.05) is 13.8 Å². The van der Waals surface area contributed by atoms with E-state index in [1.54, 1.807) is 0 Å². The van der Waals surface area contributed by atoms with E-state index in [0.29, 0.717) is 18.5 Å². The molecule has 0 spiro atoms. The van der Waals surface area contributed by atoms with E-state index in [4.69, 9.17) is 10.5 Å². The summed E-state index contributed by atoms with van der Waals surface area (Å²) in [5, 5.41) is 2.95. The van der Waals surface area contributed by atoms with Crippen molar-refractivity contribution in [3.63, 3.8) is 0 Å². The van der Waals surface area contributed by atoms with Crippen LogP contribution in [0.2, 0.25) is 0 Å². The first kappa shape index (κ1) is 17.3. The number of hydrogen-bond acceptors (Lipinski definition) is 3. The molecule has 3 N–H and O–H groups in total. The number of rotatable bonds is 4. The molecule has 0 radical (unpaired) electrons. The number of carbonyl (C=O) groups excluding carboxylic acids is 1. The van der Waals surface area contributed by atoms with E-state index >= 15 is 0 Å². The Bertz CT molecular complexity index is 322. The summed E-state index contributed by atoms with van der Waals surface area (Å²) in [5.74, 6) is 0. The smallest absolute Gasteiger partial charge is 0.407 e. The predicted octanol–water partition coefficient (Wildman–Crippen LogP) is 3.45. The van der Waals surface area contributed by atoms with Crippen molar-refractivity contribution in [2.75, 3.05) is 13.1 Å². The zero-order valence-electron chi connectivity index (χ0n) is 13.8. The number of carbonyl (C=O) groups is 1. The topological polar surface area (TPSA) is 64.3 Å². The molecule has 1 aliphatic rings. The highest BCUT2D eigenvalue weighted by Gasteiger charge is 2.38. The summed E-state index contributed by atoms with van der Waals surface area (Å²) >= 11 is 0. The van der Waals surface area contributed by atoms with Gasteiger partial charge >= 0.3 is 6.09 Å². The predicted molar refractivity (Wildman–Crippen MR) is 82.6 cm³/mol. The fourth-order valence-electron chi connectivity index (χ4n) is 2.85. The van der Waals surface area contributed by atoms with Gasteiger partial charge in [0.15, 0.2) is 0 Å². The third-order valence-electron chi connectivity index (χ3n) is 4.35. The van der Waals surface area contributed by atoms with Gasteiger partial charge in [-0.05, 0) is 70.3 Å². The van der Waals surface area contributed by atoms with Gasteiger partial charge in [-0.25, -0.2) is 4.79 Å². The van der Waals surface area contributed by atoms with Crippen molar-refractivity contribution in [2.24, 2.45) is 16.6 Å². The van der Waals surface area contributed by atoms with Crippen LogP contribution in [0.25, 0.3) is 0 Å². The number of nitrogens with one attached hydrogen (secondary N) is 1. The molecule has 0 atom stereocenters. The standard InChI is InChI=1S/C16H32N2O2/c1-14(2,3)20-13(19)18-12-16(10-11-17)8-6-15(4,5)7-9-16/h6-12,17H2,1-5H3,(H,18,19). The van der Waals surface area contributed by atoms with Gasteiger partial charge in [-0.3, -0.25) is 0 Å². The summed E-state index contributed by atoms with van der Waals surface area (Å²) in [5.41, 5.74) is 5.91. The van der Waals surface area contributed by atoms with Gasteiger partial charge in [0, 0.05) is 6.54 Å². The first-order valence-electron chi connectivity index (χ1n) is 7.75. The minimum atomic E-state index is -0.445. The zero-order valence-corrected chi connectivity index (χ0v) is 13.8. The van der Waals surface area contributed by atoms with Crippen molar-refractivity contribution in [1.82, 2.24) is 5.32 Å². The maximum atomic E-state index is 11.8. The van der Waals surface area contributed by atoms with Crippen LogP contribution >= 0.6 is 0 Å². The molecule has 20 heavy (non-hydrogen) atoms. The lowest BCUT2D eigenvalue weighted by molar-refractivity contribution is 0.0437. The van der Waals surface area contributed by atoms with Crippen molar-refractivity contribution in [3.05, 3.63) is 0 Å². The molecular formula is C16H32N2O2. The van der Waals surface area contributed by atoms with Crippen LogP contribution in [0.1, 0.15) is 66.7 Å². The normalized spacial score (nSPS) is 21.3. The lowest BCUT2D eigenvalue weighted by atomic mass is 9.64. The molecule has 1 fully saturated rings. The van der Waals surface area contributed by atoms with Crippen molar-refractivity contribution in [3.8, 4) is 0 Å². The fourth-order valence-corrected chi connectivity index (χ4v) is 2.85. The van der Waals surface area contributed by atoms with Gasteiger partial charge < -0.3 is 15.8 Å². The Morgan fingerprint density at radius 2 is 1.75 bits per heavy atom. The molecule has 0 aromatic rings. The van der Waals surface area contributed by atoms with E-state index < -0.39 is 5.60 Å². The zero-order chi connectivity index (χ0) is 15.4. The summed E-state index contributed by atoms with van der Waals surface area (Å²) in [6.07, 6.45) is 5.31. The number of alkyl carbamates (subject to hydrolysis) is 1. The second-order valence-corrected chi connectivity index (χ2v) is 8.06. The molecule has 0 aromatic heterocycles. The molecular weight excluding hydrogens is 252 g/mol. The molecule has 4 heteroatoms. The Balaban J connectivity index is 2.54. The number of nitrogens with two attached hydrogens (primary N) is 1. The SMILES string of the molecule is CC1(C)CCC(CCN)(CNC(=O)OC(C)(C)C)CC1. The van der Waals surface area contributed by atoms with Gasteiger partial charge in [0.25, 0.3) is 0 Å². The highest BCUT2D eigenvalue weighted by Crippen LogP contribution is 2.46. The average Bonchev–Trinajstić information content (AvgIpc) is 2.29. The second kappa shape index (κ2) is 6.33. The molecule has 1 saturated carbocycles. The first-order chi connectivity index (χ1) is 9.08. The Morgan fingerprint density at radius 3 is 2.20 bits per heavy atom. The quantitative estimate of drug-likeness (QED) is 0.831. The van der Waals surface area contributed by atoms with E-state index in [0.717, 1.165) is 19.3 Å². The Kier molecular flexibility index (Phi) is 5.47. The van der Waals surface area contributed by atoms with Crippen molar-refractivity contribution >= 4 is 6.09 Å². The van der Waals surface area contributed by atoms with Crippen molar-refractivity contribution < 1.29 is 9.53 Å². The van der Waals surface area contributed by atoms with E-state index in [9.17, 15) is 4.79 Å². The molecule has 0 saturated heterocycles. The van der Waals surface area contributed by atoms with Crippen LogP contribution in [0.15, 0.2) is 0 Å². The number of amides is 1. The lowest BCUT2D eigenvalue weighted by Crippen LogP contribution is -2.44. The molecule has 0 aliphatic heterocycles. The largest absolute Gasteiger partial charge is 0.444 e. The number of hydrogen-bond donors (Lipinski definition) is 2. The van der Waals surface area contributed by atoms with Crippen LogP contribution in [0, 0.1) is 10.8 Å². The van der Waals surface area contributed by atoms with Gasteiger partial charge in [-0.2, -0.15) is 0 Å². The highest BCUT2D eigenvalue weighted by atomic mass is 16.6. The molecule has 0 heterocycles. The molecule has 1 amide bonds. The van der Waals surface area contributed by atoms with E-state index in [-0.39, 0.29) is 11.5 Å². The van der Waals surface area contributed by atoms with Crippen LogP contribution in [0.3, 0.4) is 0 Å². The first-order valence-corrected chi connectivity index (χ1v) is 7.75. The minimum absolute atomic E-state index is 0.154. The Hall–Kier alpha value is -0.770. The van der Waals surface area contributed by atoms with E-state index in [1.165, 1.54) is 12.8 Å². The van der Waals surface area contributed by atoms with Crippen LogP contribution in [0.5, 0.6) is 0 Å². The van der Waals surface area contributed by atoms with Crippen LogP contribution in [-0.2, 0) is 4.74 Å².